The first-order valence-corrected chi connectivity index (χ1v) is 13.2. The zero-order valence-corrected chi connectivity index (χ0v) is 20.7. The molecule has 2 fully saturated rings. The second-order valence-electron chi connectivity index (χ2n) is 10.8. The number of aliphatic hydroxyl groups is 1. The summed E-state index contributed by atoms with van der Waals surface area (Å²) in [7, 11) is 0. The first kappa shape index (κ1) is 23.0. The molecule has 0 radical (unpaired) electrons. The molecule has 37 heavy (non-hydrogen) atoms. The number of aliphatic hydroxyl groups excluding tert-OH is 1. The van der Waals surface area contributed by atoms with Crippen molar-refractivity contribution >= 4 is 11.8 Å². The van der Waals surface area contributed by atoms with Gasteiger partial charge >= 0.3 is 0 Å². The van der Waals surface area contributed by atoms with Gasteiger partial charge in [0.15, 0.2) is 11.5 Å². The normalized spacial score (nSPS) is 26.5. The third-order valence-electron chi connectivity index (χ3n) is 8.73. The Labute approximate surface area is 215 Å². The van der Waals surface area contributed by atoms with Crippen molar-refractivity contribution in [1.82, 2.24) is 15.1 Å². The van der Waals surface area contributed by atoms with E-state index < -0.39 is 12.3 Å². The summed E-state index contributed by atoms with van der Waals surface area (Å²) in [4.78, 5) is 28.3. The van der Waals surface area contributed by atoms with Gasteiger partial charge in [0.05, 0.1) is 12.6 Å². The smallest absolute Gasteiger partial charge is 0.244 e. The summed E-state index contributed by atoms with van der Waals surface area (Å²) >= 11 is 0. The standard InChI is InChI=1S/C28H31N3O6/c32-24-5-4-21(26(33)29-24)31-15-18-12-20-23(13-19(18)27(31)34)37-16-28(20)6-8-30(9-7-28)14-17-2-1-3-22-25(17)36-11-10-35-22/h1-3,12-13,21,27,34H,4-11,14-16H2,(H,29,32,33). The Morgan fingerprint density at radius 1 is 1.05 bits per heavy atom. The molecule has 0 aliphatic carbocycles. The number of piperidine rings is 2. The van der Waals surface area contributed by atoms with E-state index in [1.165, 1.54) is 5.56 Å². The number of hydrogen-bond donors (Lipinski definition) is 2. The lowest BCUT2D eigenvalue weighted by Crippen LogP contribution is -2.51. The van der Waals surface area contributed by atoms with E-state index in [1.807, 2.05) is 18.2 Å². The summed E-state index contributed by atoms with van der Waals surface area (Å²) in [6.07, 6.45) is 1.82. The van der Waals surface area contributed by atoms with Gasteiger partial charge in [-0.2, -0.15) is 0 Å². The van der Waals surface area contributed by atoms with Gasteiger partial charge in [-0.1, -0.05) is 12.1 Å². The maximum Gasteiger partial charge on any atom is 0.244 e. The first-order valence-electron chi connectivity index (χ1n) is 13.2. The average Bonchev–Trinajstić information content (AvgIpc) is 3.41. The van der Waals surface area contributed by atoms with Gasteiger partial charge in [0.2, 0.25) is 11.8 Å². The van der Waals surface area contributed by atoms with Crippen LogP contribution in [0.2, 0.25) is 0 Å². The van der Waals surface area contributed by atoms with E-state index in [9.17, 15) is 14.7 Å². The van der Waals surface area contributed by atoms with Crippen LogP contribution in [0.3, 0.4) is 0 Å². The zero-order valence-electron chi connectivity index (χ0n) is 20.7. The minimum atomic E-state index is -0.880. The van der Waals surface area contributed by atoms with Crippen LogP contribution in [0.1, 0.15) is 54.2 Å². The predicted octanol–water partition coefficient (Wildman–Crippen LogP) is 2.00. The number of nitrogens with zero attached hydrogens (tertiary/aromatic N) is 2. The molecule has 194 valence electrons. The Bertz CT molecular complexity index is 1270. The molecule has 2 atom stereocenters. The molecule has 1 spiro atoms. The fourth-order valence-corrected chi connectivity index (χ4v) is 6.64. The van der Waals surface area contributed by atoms with Crippen molar-refractivity contribution in [1.29, 1.82) is 0 Å². The summed E-state index contributed by atoms with van der Waals surface area (Å²) in [5.74, 6) is 1.98. The van der Waals surface area contributed by atoms with Crippen LogP contribution in [0.15, 0.2) is 30.3 Å². The Morgan fingerprint density at radius 3 is 2.73 bits per heavy atom. The van der Waals surface area contributed by atoms with E-state index in [1.54, 1.807) is 4.90 Å². The molecular weight excluding hydrogens is 474 g/mol. The summed E-state index contributed by atoms with van der Waals surface area (Å²) in [6.45, 7) is 5.05. The van der Waals surface area contributed by atoms with Crippen LogP contribution in [0.5, 0.6) is 17.2 Å². The largest absolute Gasteiger partial charge is 0.492 e. The molecule has 0 aromatic heterocycles. The second-order valence-corrected chi connectivity index (χ2v) is 10.8. The maximum atomic E-state index is 12.4. The summed E-state index contributed by atoms with van der Waals surface area (Å²) < 4.78 is 17.9. The molecule has 5 heterocycles. The minimum Gasteiger partial charge on any atom is -0.492 e. The van der Waals surface area contributed by atoms with Gasteiger partial charge in [-0.15, -0.1) is 0 Å². The predicted molar refractivity (Wildman–Crippen MR) is 132 cm³/mol. The number of benzene rings is 2. The van der Waals surface area contributed by atoms with Crippen molar-refractivity contribution in [3.8, 4) is 17.2 Å². The molecule has 2 aromatic rings. The lowest BCUT2D eigenvalue weighted by atomic mass is 9.73. The van der Waals surface area contributed by atoms with Gasteiger partial charge in [-0.25, -0.2) is 0 Å². The lowest BCUT2D eigenvalue weighted by Gasteiger charge is -2.39. The lowest BCUT2D eigenvalue weighted by molar-refractivity contribution is -0.141. The number of likely N-dealkylation sites (tertiary alicyclic amines) is 1. The number of nitrogens with one attached hydrogen (secondary N) is 1. The van der Waals surface area contributed by atoms with Crippen molar-refractivity contribution in [3.05, 3.63) is 52.6 Å². The summed E-state index contributed by atoms with van der Waals surface area (Å²) in [5, 5.41) is 13.5. The van der Waals surface area contributed by atoms with Crippen molar-refractivity contribution in [2.24, 2.45) is 0 Å². The van der Waals surface area contributed by atoms with Crippen LogP contribution >= 0.6 is 0 Å². The average molecular weight is 506 g/mol. The van der Waals surface area contributed by atoms with Crippen LogP contribution in [-0.4, -0.2) is 65.7 Å². The van der Waals surface area contributed by atoms with Gasteiger partial charge in [-0.05, 0) is 56.1 Å². The van der Waals surface area contributed by atoms with E-state index in [0.717, 1.165) is 66.4 Å². The quantitative estimate of drug-likeness (QED) is 0.611. The molecule has 2 aromatic carbocycles. The van der Waals surface area contributed by atoms with Crippen LogP contribution in [0.25, 0.3) is 0 Å². The molecule has 2 saturated heterocycles. The summed E-state index contributed by atoms with van der Waals surface area (Å²) in [5.41, 5.74) is 4.18. The molecule has 2 unspecified atom stereocenters. The summed E-state index contributed by atoms with van der Waals surface area (Å²) in [6, 6.07) is 9.77. The number of imide groups is 1. The van der Waals surface area contributed by atoms with E-state index in [-0.39, 0.29) is 17.2 Å². The van der Waals surface area contributed by atoms with Crippen molar-refractivity contribution in [3.63, 3.8) is 0 Å². The highest BCUT2D eigenvalue weighted by molar-refractivity contribution is 6.00. The number of fused-ring (bicyclic) bond motifs is 4. The molecule has 0 saturated carbocycles. The zero-order chi connectivity index (χ0) is 25.1. The van der Waals surface area contributed by atoms with Gasteiger partial charge in [0, 0.05) is 41.6 Å². The Kier molecular flexibility index (Phi) is 5.42. The van der Waals surface area contributed by atoms with E-state index in [0.29, 0.717) is 39.2 Å². The molecule has 0 bridgehead atoms. The van der Waals surface area contributed by atoms with E-state index in [2.05, 4.69) is 22.3 Å². The number of carbonyl (C=O) groups excluding carboxylic acids is 2. The fraction of sp³-hybridized carbons (Fsp3) is 0.500. The first-order chi connectivity index (χ1) is 18.0. The number of carbonyl (C=O) groups is 2. The highest BCUT2D eigenvalue weighted by Crippen LogP contribution is 2.49. The molecular formula is C28H31N3O6. The fourth-order valence-electron chi connectivity index (χ4n) is 6.64. The third kappa shape index (κ3) is 3.79. The number of ether oxygens (including phenoxy) is 3. The molecule has 7 rings (SSSR count). The third-order valence-corrected chi connectivity index (χ3v) is 8.73. The highest BCUT2D eigenvalue weighted by atomic mass is 16.6. The van der Waals surface area contributed by atoms with Gasteiger partial charge in [-0.3, -0.25) is 24.7 Å². The maximum absolute atomic E-state index is 12.4. The van der Waals surface area contributed by atoms with Crippen molar-refractivity contribution in [2.75, 3.05) is 32.9 Å². The van der Waals surface area contributed by atoms with Crippen molar-refractivity contribution < 1.29 is 28.9 Å². The Balaban J connectivity index is 1.07. The van der Waals surface area contributed by atoms with Crippen LogP contribution in [0.4, 0.5) is 0 Å². The SMILES string of the molecule is O=C1CCC(N2Cc3cc4c(cc3C2O)OCC42CCN(Cc3cccc4c3OCCO4)CC2)C(=O)N1. The Morgan fingerprint density at radius 2 is 1.89 bits per heavy atom. The van der Waals surface area contributed by atoms with Crippen molar-refractivity contribution in [2.45, 2.75) is 56.5 Å². The van der Waals surface area contributed by atoms with Crippen LogP contribution in [-0.2, 0) is 28.1 Å². The van der Waals surface area contributed by atoms with Crippen LogP contribution < -0.4 is 19.5 Å². The monoisotopic (exact) mass is 505 g/mol. The molecule has 9 heteroatoms. The molecule has 5 aliphatic rings. The minimum absolute atomic E-state index is 0.0381. The number of rotatable bonds is 3. The molecule has 9 nitrogen and oxygen atoms in total. The number of para-hydroxylation sites is 1. The Hall–Kier alpha value is -3.14. The van der Waals surface area contributed by atoms with E-state index in [4.69, 9.17) is 14.2 Å². The molecule has 5 aliphatic heterocycles. The topological polar surface area (TPSA) is 101 Å². The van der Waals surface area contributed by atoms with Gasteiger partial charge < -0.3 is 19.3 Å². The van der Waals surface area contributed by atoms with Gasteiger partial charge in [0.25, 0.3) is 0 Å². The highest BCUT2D eigenvalue weighted by Gasteiger charge is 2.46. The molecule has 2 amide bonds. The number of amides is 2. The number of hydrogen-bond acceptors (Lipinski definition) is 8. The second kappa shape index (κ2) is 8.72. The van der Waals surface area contributed by atoms with Crippen LogP contribution in [0, 0.1) is 0 Å². The van der Waals surface area contributed by atoms with Gasteiger partial charge in [0.1, 0.15) is 25.2 Å². The molecule has 2 N–H and O–H groups in total. The van der Waals surface area contributed by atoms with E-state index >= 15 is 0 Å².